The number of carbonyl (C=O) groups is 2. The van der Waals surface area contributed by atoms with Crippen molar-refractivity contribution in [2.24, 2.45) is 5.16 Å². The average molecular weight is 401 g/mol. The van der Waals surface area contributed by atoms with Crippen molar-refractivity contribution >= 4 is 23.2 Å². The first kappa shape index (κ1) is 19.4. The van der Waals surface area contributed by atoms with Crippen molar-refractivity contribution in [3.05, 3.63) is 71.8 Å². The van der Waals surface area contributed by atoms with Crippen LogP contribution >= 0.6 is 0 Å². The minimum absolute atomic E-state index is 0.169. The van der Waals surface area contributed by atoms with Gasteiger partial charge >= 0.3 is 0 Å². The molecule has 150 valence electrons. The second-order valence-corrected chi connectivity index (χ2v) is 7.38. The number of hydrogen-bond acceptors (Lipinski definition) is 7. The number of oxime groups is 1. The summed E-state index contributed by atoms with van der Waals surface area (Å²) in [4.78, 5) is 42.6. The van der Waals surface area contributed by atoms with Crippen LogP contribution in [-0.2, 0) is 9.63 Å². The highest BCUT2D eigenvalue weighted by molar-refractivity contribution is 6.49. The number of nitrogens with zero attached hydrogens (tertiary/aromatic N) is 4. The minimum atomic E-state index is -0.963. The summed E-state index contributed by atoms with van der Waals surface area (Å²) in [7, 11) is 0. The van der Waals surface area contributed by atoms with Crippen LogP contribution in [0.2, 0.25) is 0 Å². The number of amides is 1. The Morgan fingerprint density at radius 1 is 1.07 bits per heavy atom. The third-order valence-corrected chi connectivity index (χ3v) is 4.75. The smallest absolute Gasteiger partial charge is 0.256 e. The van der Waals surface area contributed by atoms with Gasteiger partial charge in [0.05, 0.1) is 18.1 Å². The maximum atomic E-state index is 12.5. The molecule has 1 amide bonds. The summed E-state index contributed by atoms with van der Waals surface area (Å²) in [6, 6.07) is 8.80. The Bertz CT molecular complexity index is 1160. The summed E-state index contributed by atoms with van der Waals surface area (Å²) in [5, 5.41) is 6.66. The van der Waals surface area contributed by atoms with Crippen LogP contribution in [0.25, 0.3) is 11.3 Å². The van der Waals surface area contributed by atoms with Crippen LogP contribution in [0.3, 0.4) is 0 Å². The van der Waals surface area contributed by atoms with E-state index in [0.29, 0.717) is 22.6 Å². The molecule has 0 unspecified atom stereocenters. The number of pyridine rings is 1. The molecule has 4 rings (SSSR count). The van der Waals surface area contributed by atoms with Gasteiger partial charge in [0.2, 0.25) is 5.78 Å². The lowest BCUT2D eigenvalue weighted by Gasteiger charge is -2.12. The molecule has 1 aliphatic heterocycles. The van der Waals surface area contributed by atoms with E-state index in [9.17, 15) is 9.59 Å². The van der Waals surface area contributed by atoms with Gasteiger partial charge in [-0.3, -0.25) is 19.6 Å². The fourth-order valence-electron chi connectivity index (χ4n) is 2.98. The van der Waals surface area contributed by atoms with Gasteiger partial charge < -0.3 is 10.2 Å². The van der Waals surface area contributed by atoms with Gasteiger partial charge in [0.25, 0.3) is 5.91 Å². The molecule has 8 heteroatoms. The molecule has 0 spiro atoms. The number of rotatable bonds is 4. The summed E-state index contributed by atoms with van der Waals surface area (Å²) in [6.45, 7) is 5.31. The molecule has 3 heterocycles. The van der Waals surface area contributed by atoms with Crippen LogP contribution in [0.15, 0.2) is 60.3 Å². The normalized spacial score (nSPS) is 14.8. The highest BCUT2D eigenvalue weighted by atomic mass is 16.7. The summed E-state index contributed by atoms with van der Waals surface area (Å²) in [5.41, 5.74) is 2.85. The van der Waals surface area contributed by atoms with Crippen LogP contribution in [0.5, 0.6) is 0 Å². The average Bonchev–Trinajstić information content (AvgIpc) is 3.02. The van der Waals surface area contributed by atoms with Gasteiger partial charge in [-0.1, -0.05) is 17.3 Å². The maximum absolute atomic E-state index is 12.5. The van der Waals surface area contributed by atoms with Crippen molar-refractivity contribution in [1.29, 1.82) is 0 Å². The first-order chi connectivity index (χ1) is 14.3. The lowest BCUT2D eigenvalue weighted by Crippen LogP contribution is -2.33. The molecular weight excluding hydrogens is 382 g/mol. The molecule has 0 fully saturated rings. The molecule has 0 saturated carbocycles. The van der Waals surface area contributed by atoms with Gasteiger partial charge in [0.15, 0.2) is 17.1 Å². The number of carbonyl (C=O) groups excluding carboxylic acids is 2. The molecule has 1 aliphatic rings. The zero-order chi connectivity index (χ0) is 21.3. The zero-order valence-corrected chi connectivity index (χ0v) is 16.7. The van der Waals surface area contributed by atoms with Gasteiger partial charge in [-0.05, 0) is 44.5 Å². The SMILES string of the molecule is Cc1ccc(C2=NOC(C)(C)C2=O)cc1-c1cnc(NC(=O)c2ccncc2)cn1. The number of aromatic nitrogens is 3. The molecule has 0 aliphatic carbocycles. The van der Waals surface area contributed by atoms with E-state index in [1.807, 2.05) is 25.1 Å². The summed E-state index contributed by atoms with van der Waals surface area (Å²) >= 11 is 0. The predicted octanol–water partition coefficient (Wildman–Crippen LogP) is 3.18. The van der Waals surface area contributed by atoms with Gasteiger partial charge in [-0.2, -0.15) is 0 Å². The van der Waals surface area contributed by atoms with E-state index in [1.165, 1.54) is 6.20 Å². The van der Waals surface area contributed by atoms with Gasteiger partial charge in [0.1, 0.15) is 0 Å². The number of ketones is 1. The van der Waals surface area contributed by atoms with Crippen LogP contribution in [-0.4, -0.2) is 38.0 Å². The van der Waals surface area contributed by atoms with Crippen LogP contribution < -0.4 is 5.32 Å². The highest BCUT2D eigenvalue weighted by Crippen LogP contribution is 2.27. The quantitative estimate of drug-likeness (QED) is 0.720. The number of nitrogens with one attached hydrogen (secondary N) is 1. The lowest BCUT2D eigenvalue weighted by molar-refractivity contribution is -0.128. The van der Waals surface area contributed by atoms with Gasteiger partial charge in [-0.25, -0.2) is 4.98 Å². The third kappa shape index (κ3) is 3.67. The molecule has 0 radical (unpaired) electrons. The Morgan fingerprint density at radius 3 is 2.47 bits per heavy atom. The Labute approximate surface area is 173 Å². The Kier molecular flexibility index (Phi) is 4.83. The third-order valence-electron chi connectivity index (χ3n) is 4.75. The topological polar surface area (TPSA) is 106 Å². The van der Waals surface area contributed by atoms with Crippen LogP contribution in [0.1, 0.15) is 35.3 Å². The monoisotopic (exact) mass is 401 g/mol. The molecule has 2 aromatic heterocycles. The number of Topliss-reactive ketones (excluding diaryl/α,β-unsaturated/α-hetero) is 1. The van der Waals surface area contributed by atoms with E-state index in [2.05, 4.69) is 25.4 Å². The Hall–Kier alpha value is -3.94. The van der Waals surface area contributed by atoms with Crippen molar-refractivity contribution in [3.8, 4) is 11.3 Å². The van der Waals surface area contributed by atoms with Crippen LogP contribution in [0, 0.1) is 6.92 Å². The van der Waals surface area contributed by atoms with Gasteiger partial charge in [0, 0.05) is 29.1 Å². The van der Waals surface area contributed by atoms with Crippen LogP contribution in [0.4, 0.5) is 5.82 Å². The molecule has 0 saturated heterocycles. The summed E-state index contributed by atoms with van der Waals surface area (Å²) in [5.74, 6) is -0.129. The lowest BCUT2D eigenvalue weighted by atomic mass is 9.93. The molecular formula is C22H19N5O3. The molecule has 1 aromatic carbocycles. The summed E-state index contributed by atoms with van der Waals surface area (Å²) < 4.78 is 0. The van der Waals surface area contributed by atoms with Crippen molar-refractivity contribution in [2.75, 3.05) is 5.32 Å². The van der Waals surface area contributed by atoms with Crippen molar-refractivity contribution in [3.63, 3.8) is 0 Å². The molecule has 1 N–H and O–H groups in total. The second-order valence-electron chi connectivity index (χ2n) is 7.38. The molecule has 30 heavy (non-hydrogen) atoms. The highest BCUT2D eigenvalue weighted by Gasteiger charge is 2.40. The molecule has 0 bridgehead atoms. The molecule has 0 atom stereocenters. The fraction of sp³-hybridized carbons (Fsp3) is 0.182. The number of hydrogen-bond donors (Lipinski definition) is 1. The summed E-state index contributed by atoms with van der Waals surface area (Å²) in [6.07, 6.45) is 6.16. The minimum Gasteiger partial charge on any atom is -0.381 e. The number of aryl methyl sites for hydroxylation is 1. The number of anilines is 1. The Balaban J connectivity index is 1.57. The maximum Gasteiger partial charge on any atom is 0.256 e. The molecule has 8 nitrogen and oxygen atoms in total. The number of benzene rings is 1. The van der Waals surface area contributed by atoms with E-state index in [4.69, 9.17) is 4.84 Å². The van der Waals surface area contributed by atoms with E-state index < -0.39 is 5.60 Å². The largest absolute Gasteiger partial charge is 0.381 e. The second kappa shape index (κ2) is 7.47. The first-order valence-electron chi connectivity index (χ1n) is 9.31. The van der Waals surface area contributed by atoms with E-state index in [1.54, 1.807) is 44.6 Å². The van der Waals surface area contributed by atoms with Crippen molar-refractivity contribution in [2.45, 2.75) is 26.4 Å². The first-order valence-corrected chi connectivity index (χ1v) is 9.31. The fourth-order valence-corrected chi connectivity index (χ4v) is 2.98. The zero-order valence-electron chi connectivity index (χ0n) is 16.7. The van der Waals surface area contributed by atoms with E-state index in [-0.39, 0.29) is 17.4 Å². The van der Waals surface area contributed by atoms with Gasteiger partial charge in [-0.15, -0.1) is 0 Å². The Morgan fingerprint density at radius 2 is 1.83 bits per heavy atom. The molecule has 3 aromatic rings. The van der Waals surface area contributed by atoms with Crippen molar-refractivity contribution in [1.82, 2.24) is 15.0 Å². The van der Waals surface area contributed by atoms with Crippen molar-refractivity contribution < 1.29 is 14.4 Å². The van der Waals surface area contributed by atoms with E-state index >= 15 is 0 Å². The standard InChI is InChI=1S/C22H19N5O3/c1-13-4-5-15(19-20(28)22(2,3)30-27-19)10-16(13)17-11-25-18(12-24-17)26-21(29)14-6-8-23-9-7-14/h4-12H,1-3H3,(H,25,26,29). The van der Waals surface area contributed by atoms with E-state index in [0.717, 1.165) is 11.1 Å². The predicted molar refractivity (Wildman–Crippen MR) is 111 cm³/mol.